The van der Waals surface area contributed by atoms with Crippen LogP contribution in [0.1, 0.15) is 38.7 Å². The quantitative estimate of drug-likeness (QED) is 0.798. The first kappa shape index (κ1) is 15.8. The molecule has 5 heteroatoms. The average molecular weight is 350 g/mol. The fourth-order valence-corrected chi connectivity index (χ4v) is 2.29. The van der Waals surface area contributed by atoms with E-state index in [1.165, 1.54) is 0 Å². The molecule has 2 aromatic rings. The fourth-order valence-electron chi connectivity index (χ4n) is 1.91. The summed E-state index contributed by atoms with van der Waals surface area (Å²) >= 11 is 3.50. The van der Waals surface area contributed by atoms with Gasteiger partial charge in [0, 0.05) is 11.0 Å². The van der Waals surface area contributed by atoms with Gasteiger partial charge in [-0.25, -0.2) is 0 Å². The highest BCUT2D eigenvalue weighted by molar-refractivity contribution is 9.10. The molecule has 0 amide bonds. The van der Waals surface area contributed by atoms with Crippen molar-refractivity contribution in [1.29, 1.82) is 0 Å². The minimum absolute atomic E-state index is 0.367. The van der Waals surface area contributed by atoms with Crippen LogP contribution in [0.25, 0.3) is 0 Å². The van der Waals surface area contributed by atoms with Gasteiger partial charge in [-0.3, -0.25) is 4.98 Å². The third kappa shape index (κ3) is 4.43. The molecule has 0 atom stereocenters. The first-order chi connectivity index (χ1) is 10.1. The number of aromatic nitrogens is 2. The molecule has 0 bridgehead atoms. The lowest BCUT2D eigenvalue weighted by Gasteiger charge is -2.14. The number of halogens is 1. The van der Waals surface area contributed by atoms with E-state index < -0.39 is 0 Å². The summed E-state index contributed by atoms with van der Waals surface area (Å²) in [5, 5.41) is 3.21. The maximum Gasteiger partial charge on any atom is 0.239 e. The lowest BCUT2D eigenvalue weighted by atomic mass is 10.0. The molecule has 0 spiro atoms. The molecule has 0 aliphatic heterocycles. The van der Waals surface area contributed by atoms with Crippen molar-refractivity contribution in [3.8, 4) is 11.6 Å². The Bertz CT molecular complexity index is 602. The monoisotopic (exact) mass is 349 g/mol. The summed E-state index contributed by atoms with van der Waals surface area (Å²) in [4.78, 5) is 8.59. The summed E-state index contributed by atoms with van der Waals surface area (Å²) in [6.45, 7) is 7.25. The molecule has 112 valence electrons. The molecule has 21 heavy (non-hydrogen) atoms. The van der Waals surface area contributed by atoms with Crippen LogP contribution in [0.2, 0.25) is 0 Å². The summed E-state index contributed by atoms with van der Waals surface area (Å²) in [5.74, 6) is 2.42. The van der Waals surface area contributed by atoms with Gasteiger partial charge in [0.05, 0.1) is 12.4 Å². The van der Waals surface area contributed by atoms with Gasteiger partial charge in [-0.1, -0.05) is 36.7 Å². The minimum Gasteiger partial charge on any atom is -0.437 e. The number of nitrogens with zero attached hydrogens (tertiary/aromatic N) is 2. The van der Waals surface area contributed by atoms with E-state index in [1.54, 1.807) is 12.4 Å². The van der Waals surface area contributed by atoms with Gasteiger partial charge < -0.3 is 10.1 Å². The van der Waals surface area contributed by atoms with Crippen molar-refractivity contribution in [2.24, 2.45) is 0 Å². The molecule has 1 aromatic heterocycles. The van der Waals surface area contributed by atoms with Gasteiger partial charge in [-0.2, -0.15) is 4.98 Å². The van der Waals surface area contributed by atoms with Crippen molar-refractivity contribution in [3.05, 3.63) is 40.6 Å². The molecule has 0 saturated heterocycles. The van der Waals surface area contributed by atoms with Crippen molar-refractivity contribution in [1.82, 2.24) is 9.97 Å². The Morgan fingerprint density at radius 3 is 2.81 bits per heavy atom. The van der Waals surface area contributed by atoms with Crippen molar-refractivity contribution in [3.63, 3.8) is 0 Å². The fraction of sp³-hybridized carbons (Fsp3) is 0.375. The number of ether oxygens (including phenoxy) is 1. The van der Waals surface area contributed by atoms with Crippen LogP contribution >= 0.6 is 15.9 Å². The van der Waals surface area contributed by atoms with Crippen molar-refractivity contribution in [2.45, 2.75) is 33.1 Å². The average Bonchev–Trinajstić information content (AvgIpc) is 2.47. The van der Waals surface area contributed by atoms with Crippen molar-refractivity contribution < 1.29 is 4.74 Å². The Kier molecular flexibility index (Phi) is 5.56. The second-order valence-corrected chi connectivity index (χ2v) is 6.02. The zero-order valence-corrected chi connectivity index (χ0v) is 14.1. The lowest BCUT2D eigenvalue weighted by Crippen LogP contribution is -2.03. The third-order valence-corrected chi connectivity index (χ3v) is 3.47. The summed E-state index contributed by atoms with van der Waals surface area (Å²) < 4.78 is 6.96. The van der Waals surface area contributed by atoms with E-state index in [2.05, 4.69) is 58.1 Å². The largest absolute Gasteiger partial charge is 0.437 e. The van der Waals surface area contributed by atoms with E-state index in [-0.39, 0.29) is 0 Å². The number of hydrogen-bond acceptors (Lipinski definition) is 4. The maximum absolute atomic E-state index is 5.91. The Morgan fingerprint density at radius 2 is 2.10 bits per heavy atom. The predicted octanol–water partition coefficient (Wildman–Crippen LogP) is 4.98. The van der Waals surface area contributed by atoms with Crippen LogP contribution in [0.5, 0.6) is 11.6 Å². The molecule has 0 fully saturated rings. The van der Waals surface area contributed by atoms with E-state index >= 15 is 0 Å². The molecule has 0 aliphatic carbocycles. The van der Waals surface area contributed by atoms with E-state index in [1.807, 2.05) is 12.1 Å². The van der Waals surface area contributed by atoms with Gasteiger partial charge in [0.25, 0.3) is 0 Å². The van der Waals surface area contributed by atoms with Gasteiger partial charge in [0.2, 0.25) is 5.88 Å². The van der Waals surface area contributed by atoms with Crippen LogP contribution in [0, 0.1) is 0 Å². The van der Waals surface area contributed by atoms with Crippen molar-refractivity contribution >= 4 is 21.7 Å². The van der Waals surface area contributed by atoms with Gasteiger partial charge in [-0.05, 0) is 36.1 Å². The number of nitrogens with one attached hydrogen (secondary N) is 1. The molecular formula is C16H20BrN3O. The highest BCUT2D eigenvalue weighted by atomic mass is 79.9. The molecule has 1 heterocycles. The molecule has 0 unspecified atom stereocenters. The van der Waals surface area contributed by atoms with E-state index in [9.17, 15) is 0 Å². The summed E-state index contributed by atoms with van der Waals surface area (Å²) in [6, 6.07) is 5.99. The Balaban J connectivity index is 2.22. The lowest BCUT2D eigenvalue weighted by molar-refractivity contribution is 0.452. The van der Waals surface area contributed by atoms with Crippen LogP contribution in [0.15, 0.2) is 35.1 Å². The molecule has 2 rings (SSSR count). The SMILES string of the molecule is CCCNc1cncc(Oc2ccc(Br)cc2C(C)C)n1. The Labute approximate surface area is 134 Å². The smallest absolute Gasteiger partial charge is 0.239 e. The molecule has 4 nitrogen and oxygen atoms in total. The van der Waals surface area contributed by atoms with Crippen LogP contribution in [0.4, 0.5) is 5.82 Å². The third-order valence-electron chi connectivity index (χ3n) is 2.98. The number of rotatable bonds is 6. The Morgan fingerprint density at radius 1 is 1.29 bits per heavy atom. The highest BCUT2D eigenvalue weighted by Crippen LogP contribution is 2.32. The topological polar surface area (TPSA) is 47.0 Å². The maximum atomic E-state index is 5.91. The number of benzene rings is 1. The molecule has 0 aliphatic rings. The van der Waals surface area contributed by atoms with Crippen LogP contribution in [-0.4, -0.2) is 16.5 Å². The molecular weight excluding hydrogens is 330 g/mol. The van der Waals surface area contributed by atoms with E-state index in [0.717, 1.165) is 34.6 Å². The molecule has 1 N–H and O–H groups in total. The van der Waals surface area contributed by atoms with E-state index in [0.29, 0.717) is 11.8 Å². The molecule has 1 aromatic carbocycles. The highest BCUT2D eigenvalue weighted by Gasteiger charge is 2.10. The standard InChI is InChI=1S/C16H20BrN3O/c1-4-7-19-15-9-18-10-16(20-15)21-14-6-5-12(17)8-13(14)11(2)3/h5-6,8-11H,4,7H2,1-3H3,(H,19,20). The van der Waals surface area contributed by atoms with Crippen molar-refractivity contribution in [2.75, 3.05) is 11.9 Å². The zero-order chi connectivity index (χ0) is 15.2. The first-order valence-corrected chi connectivity index (χ1v) is 7.92. The van der Waals surface area contributed by atoms with Crippen LogP contribution in [-0.2, 0) is 0 Å². The molecule has 0 radical (unpaired) electrons. The zero-order valence-electron chi connectivity index (χ0n) is 12.6. The van der Waals surface area contributed by atoms with Crippen LogP contribution < -0.4 is 10.1 Å². The van der Waals surface area contributed by atoms with Gasteiger partial charge in [-0.15, -0.1) is 0 Å². The second-order valence-electron chi connectivity index (χ2n) is 5.11. The van der Waals surface area contributed by atoms with Gasteiger partial charge >= 0.3 is 0 Å². The first-order valence-electron chi connectivity index (χ1n) is 7.13. The summed E-state index contributed by atoms with van der Waals surface area (Å²) in [5.41, 5.74) is 1.14. The van der Waals surface area contributed by atoms with E-state index in [4.69, 9.17) is 4.74 Å². The number of hydrogen-bond donors (Lipinski definition) is 1. The van der Waals surface area contributed by atoms with Gasteiger partial charge in [0.15, 0.2) is 0 Å². The minimum atomic E-state index is 0.367. The summed E-state index contributed by atoms with van der Waals surface area (Å²) in [7, 11) is 0. The van der Waals surface area contributed by atoms with Gasteiger partial charge in [0.1, 0.15) is 11.6 Å². The normalized spacial score (nSPS) is 10.7. The number of anilines is 1. The second kappa shape index (κ2) is 7.41. The summed E-state index contributed by atoms with van der Waals surface area (Å²) in [6.07, 6.45) is 4.37. The Hall–Kier alpha value is -1.62. The van der Waals surface area contributed by atoms with Crippen LogP contribution in [0.3, 0.4) is 0 Å². The predicted molar refractivity (Wildman–Crippen MR) is 89.1 cm³/mol. The molecule has 0 saturated carbocycles.